The number of methoxy groups -OCH3 is 1. The van der Waals surface area contributed by atoms with E-state index in [9.17, 15) is 9.59 Å². The lowest BCUT2D eigenvalue weighted by Gasteiger charge is -2.39. The molecule has 3 aromatic carbocycles. The molecule has 4 aromatic rings. The van der Waals surface area contributed by atoms with Crippen molar-refractivity contribution < 1.29 is 19.1 Å². The van der Waals surface area contributed by atoms with Gasteiger partial charge >= 0.3 is 6.09 Å². The van der Waals surface area contributed by atoms with E-state index in [4.69, 9.17) is 4.74 Å². The molecule has 1 aliphatic heterocycles. The first-order chi connectivity index (χ1) is 16.6. The number of ether oxygens (including phenoxy) is 2. The Kier molecular flexibility index (Phi) is 5.51. The molecule has 8 heteroatoms. The smallest absolute Gasteiger partial charge is 0.413 e. The van der Waals surface area contributed by atoms with Crippen LogP contribution >= 0.6 is 0 Å². The van der Waals surface area contributed by atoms with Crippen molar-refractivity contribution in [1.29, 1.82) is 0 Å². The van der Waals surface area contributed by atoms with Gasteiger partial charge in [-0.15, -0.1) is 0 Å². The lowest BCUT2D eigenvalue weighted by atomic mass is 9.92. The van der Waals surface area contributed by atoms with Crippen LogP contribution in [0.3, 0.4) is 0 Å². The summed E-state index contributed by atoms with van der Waals surface area (Å²) in [6.45, 7) is 2.69. The van der Waals surface area contributed by atoms with Gasteiger partial charge in [0, 0.05) is 29.8 Å². The molecule has 0 fully saturated rings. The molecule has 0 saturated heterocycles. The summed E-state index contributed by atoms with van der Waals surface area (Å²) in [6.07, 6.45) is -0.616. The van der Waals surface area contributed by atoms with E-state index >= 15 is 0 Å². The van der Waals surface area contributed by atoms with Crippen molar-refractivity contribution in [2.75, 3.05) is 19.0 Å². The van der Waals surface area contributed by atoms with Gasteiger partial charge in [-0.05, 0) is 30.7 Å². The van der Waals surface area contributed by atoms with Crippen molar-refractivity contribution in [3.05, 3.63) is 95.1 Å². The van der Waals surface area contributed by atoms with Crippen LogP contribution in [0.15, 0.2) is 72.8 Å². The van der Waals surface area contributed by atoms with Crippen molar-refractivity contribution in [3.63, 3.8) is 0 Å². The highest BCUT2D eigenvalue weighted by Gasteiger charge is 2.52. The highest BCUT2D eigenvalue weighted by atomic mass is 16.5. The van der Waals surface area contributed by atoms with Crippen molar-refractivity contribution in [1.82, 2.24) is 14.9 Å². The molecule has 0 aliphatic carbocycles. The van der Waals surface area contributed by atoms with Crippen LogP contribution in [0.5, 0.6) is 0 Å². The predicted molar refractivity (Wildman–Crippen MR) is 127 cm³/mol. The molecular formula is C26H24N4O4. The molecule has 1 atom stereocenters. The Hall–Kier alpha value is -4.17. The molecule has 1 aromatic heterocycles. The van der Waals surface area contributed by atoms with E-state index in [1.165, 1.54) is 7.11 Å². The Morgan fingerprint density at radius 1 is 1.09 bits per heavy atom. The molecule has 1 unspecified atom stereocenters. The monoisotopic (exact) mass is 456 g/mol. The second-order valence-electron chi connectivity index (χ2n) is 7.93. The minimum Gasteiger partial charge on any atom is -0.453 e. The minimum atomic E-state index is -1.12. The average molecular weight is 457 g/mol. The van der Waals surface area contributed by atoms with Crippen LogP contribution in [0.2, 0.25) is 0 Å². The van der Waals surface area contributed by atoms with E-state index in [1.54, 1.807) is 4.90 Å². The number of nitrogens with zero attached hydrogens (tertiary/aromatic N) is 2. The molecule has 1 aliphatic rings. The van der Waals surface area contributed by atoms with Crippen LogP contribution in [0.1, 0.15) is 34.0 Å². The van der Waals surface area contributed by atoms with Crippen molar-refractivity contribution in [2.24, 2.45) is 0 Å². The first-order valence-corrected chi connectivity index (χ1v) is 11.0. The zero-order valence-electron chi connectivity index (χ0n) is 18.9. The van der Waals surface area contributed by atoms with E-state index in [0.717, 1.165) is 16.7 Å². The molecule has 5 rings (SSSR count). The normalized spacial score (nSPS) is 17.1. The third kappa shape index (κ3) is 3.48. The quantitative estimate of drug-likeness (QED) is 0.441. The maximum Gasteiger partial charge on any atom is 0.413 e. The summed E-state index contributed by atoms with van der Waals surface area (Å²) in [6, 6.07) is 23.1. The Morgan fingerprint density at radius 2 is 1.85 bits per heavy atom. The summed E-state index contributed by atoms with van der Waals surface area (Å²) in [5.74, 6) is 0.180. The highest BCUT2D eigenvalue weighted by Crippen LogP contribution is 2.46. The molecule has 0 saturated carbocycles. The molecule has 0 spiro atoms. The zero-order valence-corrected chi connectivity index (χ0v) is 18.9. The minimum absolute atomic E-state index is 0.0920. The highest BCUT2D eigenvalue weighted by molar-refractivity contribution is 6.00. The zero-order chi connectivity index (χ0) is 23.7. The van der Waals surface area contributed by atoms with Gasteiger partial charge in [0.1, 0.15) is 0 Å². The predicted octanol–water partition coefficient (Wildman–Crippen LogP) is 4.63. The first-order valence-electron chi connectivity index (χ1n) is 11.0. The number of fused-ring (bicyclic) bond motifs is 2. The van der Waals surface area contributed by atoms with Crippen molar-refractivity contribution >= 4 is 29.0 Å². The van der Waals surface area contributed by atoms with E-state index in [-0.39, 0.29) is 11.9 Å². The summed E-state index contributed by atoms with van der Waals surface area (Å²) in [7, 11) is 1.29. The number of amides is 2. The first kappa shape index (κ1) is 21.7. The number of aromatic nitrogens is 2. The lowest BCUT2D eigenvalue weighted by molar-refractivity contribution is -0.107. The van der Waals surface area contributed by atoms with Gasteiger partial charge in [0.05, 0.1) is 18.1 Å². The van der Waals surface area contributed by atoms with Crippen molar-refractivity contribution in [3.8, 4) is 0 Å². The Morgan fingerprint density at radius 3 is 2.62 bits per heavy atom. The van der Waals surface area contributed by atoms with Crippen LogP contribution in [-0.2, 0) is 21.7 Å². The van der Waals surface area contributed by atoms with Gasteiger partial charge in [-0.1, -0.05) is 54.6 Å². The SMILES string of the molecule is CCOC1(c2ccc3nc(NC(=O)OC)[nH]c3c2)c2ccccc2C(=O)N1Cc1ccccc1. The van der Waals surface area contributed by atoms with Crippen LogP contribution in [0, 0.1) is 0 Å². The lowest BCUT2D eigenvalue weighted by Crippen LogP contribution is -2.46. The Labute approximate surface area is 196 Å². The van der Waals surface area contributed by atoms with Crippen molar-refractivity contribution in [2.45, 2.75) is 19.2 Å². The van der Waals surface area contributed by atoms with Crippen LogP contribution < -0.4 is 5.32 Å². The largest absolute Gasteiger partial charge is 0.453 e. The van der Waals surface area contributed by atoms with Gasteiger partial charge in [-0.3, -0.25) is 15.0 Å². The van der Waals surface area contributed by atoms with Crippen LogP contribution in [-0.4, -0.2) is 40.6 Å². The second-order valence-corrected chi connectivity index (χ2v) is 7.93. The number of hydrogen-bond donors (Lipinski definition) is 2. The van der Waals surface area contributed by atoms with E-state index < -0.39 is 11.8 Å². The van der Waals surface area contributed by atoms with Gasteiger partial charge < -0.3 is 14.5 Å². The van der Waals surface area contributed by atoms with Gasteiger partial charge in [-0.25, -0.2) is 9.78 Å². The summed E-state index contributed by atoms with van der Waals surface area (Å²) in [4.78, 5) is 34.5. The second kappa shape index (κ2) is 8.64. The molecule has 2 amide bonds. The summed E-state index contributed by atoms with van der Waals surface area (Å²) < 4.78 is 11.1. The van der Waals surface area contributed by atoms with E-state index in [1.807, 2.05) is 79.7 Å². The number of carbonyl (C=O) groups is 2. The van der Waals surface area contributed by atoms with Gasteiger partial charge in [0.2, 0.25) is 5.95 Å². The number of hydrogen-bond acceptors (Lipinski definition) is 5. The number of rotatable bonds is 6. The molecule has 8 nitrogen and oxygen atoms in total. The fraction of sp³-hybridized carbons (Fsp3) is 0.192. The number of benzene rings is 3. The number of anilines is 1. The summed E-state index contributed by atoms with van der Waals surface area (Å²) in [5.41, 5.74) is 3.43. The Balaban J connectivity index is 1.67. The topological polar surface area (TPSA) is 96.5 Å². The van der Waals surface area contributed by atoms with Crippen LogP contribution in [0.4, 0.5) is 10.7 Å². The van der Waals surface area contributed by atoms with Gasteiger partial charge in [0.25, 0.3) is 5.91 Å². The maximum atomic E-state index is 13.7. The fourth-order valence-electron chi connectivity index (χ4n) is 4.53. The summed E-state index contributed by atoms with van der Waals surface area (Å²) in [5, 5.41) is 2.55. The molecule has 172 valence electrons. The molecule has 0 radical (unpaired) electrons. The maximum absolute atomic E-state index is 13.7. The average Bonchev–Trinajstić information content (AvgIpc) is 3.37. The van der Waals surface area contributed by atoms with Crippen LogP contribution in [0.25, 0.3) is 11.0 Å². The number of H-pyrrole nitrogens is 1. The molecule has 2 N–H and O–H groups in total. The fourth-order valence-corrected chi connectivity index (χ4v) is 4.53. The standard InChI is InChI=1S/C26H24N4O4/c1-3-34-26(18-13-14-21-22(15-18)28-24(27-21)29-25(32)33-2)20-12-8-7-11-19(20)23(31)30(26)16-17-9-5-4-6-10-17/h4-15H,3,16H2,1-2H3,(H2,27,28,29,32). The molecule has 34 heavy (non-hydrogen) atoms. The molecule has 2 heterocycles. The Bertz CT molecular complexity index is 1370. The molecular weight excluding hydrogens is 432 g/mol. The van der Waals surface area contributed by atoms with Gasteiger partial charge in [0.15, 0.2) is 5.72 Å². The number of aromatic amines is 1. The number of nitrogens with one attached hydrogen (secondary N) is 2. The third-order valence-corrected chi connectivity index (χ3v) is 5.96. The van der Waals surface area contributed by atoms with E-state index in [0.29, 0.717) is 29.7 Å². The number of carbonyl (C=O) groups excluding carboxylic acids is 2. The summed E-state index contributed by atoms with van der Waals surface area (Å²) >= 11 is 0. The van der Waals surface area contributed by atoms with Gasteiger partial charge in [-0.2, -0.15) is 0 Å². The third-order valence-electron chi connectivity index (χ3n) is 5.96. The molecule has 0 bridgehead atoms. The number of imidazole rings is 1. The van der Waals surface area contributed by atoms with E-state index in [2.05, 4.69) is 20.0 Å².